The Labute approximate surface area is 454 Å². The first-order valence-electron chi connectivity index (χ1n) is 27.1. The molecule has 1 aliphatic heterocycles. The van der Waals surface area contributed by atoms with Crippen LogP contribution < -0.4 is 15.5 Å². The lowest BCUT2D eigenvalue weighted by molar-refractivity contribution is 0.717. The molecular weight excluding hydrogens is 945 g/mol. The van der Waals surface area contributed by atoms with Crippen LogP contribution in [0.1, 0.15) is 17.9 Å². The normalized spacial score (nSPS) is 16.2. The third-order valence-electron chi connectivity index (χ3n) is 16.3. The van der Waals surface area contributed by atoms with Gasteiger partial charge in [0, 0.05) is 50.3 Å². The van der Waals surface area contributed by atoms with Gasteiger partial charge in [-0.05, 0) is 104 Å². The molecule has 15 rings (SSSR count). The van der Waals surface area contributed by atoms with Crippen molar-refractivity contribution in [3.05, 3.63) is 295 Å². The van der Waals surface area contributed by atoms with Gasteiger partial charge >= 0.3 is 0 Å². The lowest BCUT2D eigenvalue weighted by Crippen LogP contribution is -2.34. The molecule has 2 aliphatic carbocycles. The summed E-state index contributed by atoms with van der Waals surface area (Å²) in [5.41, 5.74) is 19.6. The van der Waals surface area contributed by atoms with Crippen molar-refractivity contribution in [3.63, 3.8) is 0 Å². The van der Waals surface area contributed by atoms with E-state index in [1.807, 2.05) is 0 Å². The predicted molar refractivity (Wildman–Crippen MR) is 324 cm³/mol. The molecule has 3 aliphatic rings. The summed E-state index contributed by atoms with van der Waals surface area (Å²) in [6.45, 7) is 0. The number of anilines is 2. The van der Waals surface area contributed by atoms with Crippen LogP contribution in [0.25, 0.3) is 107 Å². The molecule has 78 heavy (non-hydrogen) atoms. The smallest absolute Gasteiger partial charge is 0.235 e. The highest BCUT2D eigenvalue weighted by Gasteiger charge is 2.40. The molecule has 0 radical (unpaired) electrons. The largest absolute Gasteiger partial charge is 0.333 e. The molecule has 12 aromatic rings. The zero-order chi connectivity index (χ0) is 51.5. The lowest BCUT2D eigenvalue weighted by atomic mass is 9.81. The Balaban J connectivity index is 0.882. The maximum atomic E-state index is 5.52. The molecule has 0 fully saturated rings. The highest BCUT2D eigenvalue weighted by atomic mass is 15.2. The third kappa shape index (κ3) is 8.00. The molecule has 0 spiro atoms. The number of rotatable bonds is 9. The number of allylic oxidation sites excluding steroid dienone is 2. The Morgan fingerprint density at radius 3 is 1.54 bits per heavy atom. The molecule has 4 nitrogen and oxygen atoms in total. The second kappa shape index (κ2) is 19.0. The summed E-state index contributed by atoms with van der Waals surface area (Å²) in [6, 6.07) is 92.0. The summed E-state index contributed by atoms with van der Waals surface area (Å²) in [4.78, 5) is 13.6. The third-order valence-corrected chi connectivity index (χ3v) is 16.3. The van der Waals surface area contributed by atoms with Crippen molar-refractivity contribution in [1.82, 2.24) is 14.5 Å². The second-order valence-corrected chi connectivity index (χ2v) is 20.8. The lowest BCUT2D eigenvalue weighted by Gasteiger charge is -2.31. The van der Waals surface area contributed by atoms with Crippen LogP contribution in [0.5, 0.6) is 0 Å². The molecule has 0 saturated carbocycles. The van der Waals surface area contributed by atoms with Crippen LogP contribution in [0, 0.1) is 5.92 Å². The van der Waals surface area contributed by atoms with Crippen LogP contribution in [-0.4, -0.2) is 20.6 Å². The topological polar surface area (TPSA) is 34.0 Å². The van der Waals surface area contributed by atoms with Crippen LogP contribution in [0.2, 0.25) is 0 Å². The van der Waals surface area contributed by atoms with Crippen molar-refractivity contribution >= 4 is 45.2 Å². The Kier molecular flexibility index (Phi) is 11.1. The van der Waals surface area contributed by atoms with Gasteiger partial charge in [-0.3, -0.25) is 4.57 Å². The molecule has 3 heterocycles. The zero-order valence-corrected chi connectivity index (χ0v) is 42.9. The van der Waals surface area contributed by atoms with E-state index in [2.05, 4.69) is 295 Å². The Morgan fingerprint density at radius 1 is 0.397 bits per heavy atom. The quantitative estimate of drug-likeness (QED) is 0.144. The van der Waals surface area contributed by atoms with Gasteiger partial charge in [0.05, 0.1) is 28.3 Å². The van der Waals surface area contributed by atoms with E-state index in [1.54, 1.807) is 0 Å². The molecule has 3 atom stereocenters. The molecule has 2 aromatic heterocycles. The summed E-state index contributed by atoms with van der Waals surface area (Å²) in [5.74, 6) is 0.950. The first-order chi connectivity index (χ1) is 38.6. The Morgan fingerprint density at radius 2 is 0.910 bits per heavy atom. The van der Waals surface area contributed by atoms with Crippen LogP contribution in [0.4, 0.5) is 11.4 Å². The number of hydrogen-bond donors (Lipinski definition) is 0. The SMILES string of the molecule is C1=CC2C(C=C1C1C=c3c(n(-c4nc(-c5ccc(-c6ccccc6)cc5)cc(-c5ccc(-c6ccccc6)cc5)n4)c4ccc(-c5ccccc5)cc34)=CC1)c1cc(-c3ccccc3)ccc1N2c1cccc2ccccc12. The summed E-state index contributed by atoms with van der Waals surface area (Å²) in [6.07, 6.45) is 13.3. The van der Waals surface area contributed by atoms with E-state index in [-0.39, 0.29) is 17.9 Å². The summed E-state index contributed by atoms with van der Waals surface area (Å²) >= 11 is 0. The first-order valence-corrected chi connectivity index (χ1v) is 27.1. The fourth-order valence-corrected chi connectivity index (χ4v) is 12.4. The van der Waals surface area contributed by atoms with Crippen LogP contribution in [0.3, 0.4) is 0 Å². The van der Waals surface area contributed by atoms with Gasteiger partial charge in [-0.15, -0.1) is 0 Å². The zero-order valence-electron chi connectivity index (χ0n) is 42.9. The van der Waals surface area contributed by atoms with E-state index in [0.29, 0.717) is 5.95 Å². The number of aromatic nitrogens is 3. The molecule has 0 N–H and O–H groups in total. The van der Waals surface area contributed by atoms with Gasteiger partial charge in [0.1, 0.15) is 0 Å². The average molecular weight is 997 g/mol. The van der Waals surface area contributed by atoms with Crippen molar-refractivity contribution in [3.8, 4) is 73.0 Å². The highest BCUT2D eigenvalue weighted by Crippen LogP contribution is 2.51. The van der Waals surface area contributed by atoms with Crippen LogP contribution in [0.15, 0.2) is 279 Å². The molecule has 3 unspecified atom stereocenters. The monoisotopic (exact) mass is 996 g/mol. The minimum absolute atomic E-state index is 0.127. The molecule has 0 bridgehead atoms. The average Bonchev–Trinajstić information content (AvgIpc) is 4.05. The number of benzene rings is 10. The Bertz CT molecular complexity index is 4340. The predicted octanol–water partition coefficient (Wildman–Crippen LogP) is 17.0. The van der Waals surface area contributed by atoms with Gasteiger partial charge in [0.15, 0.2) is 0 Å². The summed E-state index contributed by atoms with van der Waals surface area (Å²) < 4.78 is 2.32. The fourth-order valence-electron chi connectivity index (χ4n) is 12.4. The van der Waals surface area contributed by atoms with E-state index in [4.69, 9.17) is 9.97 Å². The van der Waals surface area contributed by atoms with Crippen molar-refractivity contribution in [1.29, 1.82) is 0 Å². The first kappa shape index (κ1) is 45.5. The minimum Gasteiger partial charge on any atom is -0.333 e. The van der Waals surface area contributed by atoms with Gasteiger partial charge < -0.3 is 4.90 Å². The van der Waals surface area contributed by atoms with Crippen LogP contribution >= 0.6 is 0 Å². The minimum atomic E-state index is 0.127. The molecule has 10 aromatic carbocycles. The highest BCUT2D eigenvalue weighted by molar-refractivity contribution is 5.98. The summed E-state index contributed by atoms with van der Waals surface area (Å²) in [7, 11) is 0. The number of hydrogen-bond acceptors (Lipinski definition) is 3. The molecule has 4 heteroatoms. The van der Waals surface area contributed by atoms with Crippen molar-refractivity contribution in [2.75, 3.05) is 4.90 Å². The van der Waals surface area contributed by atoms with Crippen molar-refractivity contribution < 1.29 is 0 Å². The number of nitrogens with zero attached hydrogens (tertiary/aromatic N) is 4. The summed E-state index contributed by atoms with van der Waals surface area (Å²) in [5, 5.41) is 6.02. The van der Waals surface area contributed by atoms with Crippen LogP contribution in [-0.2, 0) is 0 Å². The van der Waals surface area contributed by atoms with Crippen molar-refractivity contribution in [2.45, 2.75) is 18.4 Å². The van der Waals surface area contributed by atoms with Gasteiger partial charge in [0.2, 0.25) is 5.95 Å². The van der Waals surface area contributed by atoms with E-state index in [1.165, 1.54) is 88.4 Å². The van der Waals surface area contributed by atoms with Gasteiger partial charge in [-0.2, -0.15) is 0 Å². The molecule has 0 amide bonds. The van der Waals surface area contributed by atoms with Gasteiger partial charge in [0.25, 0.3) is 0 Å². The molecule has 368 valence electrons. The molecule has 0 saturated heterocycles. The second-order valence-electron chi connectivity index (χ2n) is 20.8. The van der Waals surface area contributed by atoms with Crippen molar-refractivity contribution in [2.24, 2.45) is 5.92 Å². The fraction of sp³-hybridized carbons (Fsp3) is 0.0541. The van der Waals surface area contributed by atoms with E-state index in [9.17, 15) is 0 Å². The Hall–Kier alpha value is -9.90. The molecular formula is C74H52N4. The van der Waals surface area contributed by atoms with E-state index in [0.717, 1.165) is 39.8 Å². The maximum absolute atomic E-state index is 5.52. The number of fused-ring (bicyclic) bond motifs is 7. The standard InChI is InChI=1S/C74H52N4/c1-5-16-49(17-6-1)53-28-32-56(33-29-53)67-48-68(57-34-30-54(31-35-57)50-18-7-2-8-19-50)76-74(75-67)78-72-42-37-59(52-22-11-4-12-23-52)45-65(72)66-47-61(39-43-73(66)78)60-38-41-71-64(46-60)63-44-58(51-20-9-3-10-21-51)36-40-70(63)77(71)69-27-15-25-55-24-13-14-26-62(55)69/h1-38,40-48,61,64,71H,39H2. The van der Waals surface area contributed by atoms with E-state index < -0.39 is 0 Å². The maximum Gasteiger partial charge on any atom is 0.235 e. The van der Waals surface area contributed by atoms with E-state index >= 15 is 0 Å². The van der Waals surface area contributed by atoms with Gasteiger partial charge in [-0.25, -0.2) is 9.97 Å². The van der Waals surface area contributed by atoms with Gasteiger partial charge in [-0.1, -0.05) is 249 Å².